The van der Waals surface area contributed by atoms with Gasteiger partial charge in [-0.25, -0.2) is 4.79 Å². The van der Waals surface area contributed by atoms with Gasteiger partial charge in [0.15, 0.2) is 5.92 Å². The molecule has 0 saturated carbocycles. The van der Waals surface area contributed by atoms with Gasteiger partial charge in [0.05, 0.1) is 0 Å². The van der Waals surface area contributed by atoms with E-state index < -0.39 is 35.8 Å². The van der Waals surface area contributed by atoms with E-state index in [1.807, 2.05) is 19.1 Å². The number of halogens is 6. The van der Waals surface area contributed by atoms with Crippen LogP contribution in [0.5, 0.6) is 0 Å². The van der Waals surface area contributed by atoms with Crippen molar-refractivity contribution in [2.45, 2.75) is 57.5 Å². The van der Waals surface area contributed by atoms with Crippen molar-refractivity contribution in [1.29, 1.82) is 0 Å². The van der Waals surface area contributed by atoms with Crippen LogP contribution in [0.4, 0.5) is 36.8 Å². The molecule has 2 saturated heterocycles. The summed E-state index contributed by atoms with van der Waals surface area (Å²) in [5.74, 6) is -3.48. The fourth-order valence-corrected chi connectivity index (χ4v) is 6.22. The zero-order valence-corrected chi connectivity index (χ0v) is 18.9. The van der Waals surface area contributed by atoms with Crippen molar-refractivity contribution in [2.24, 2.45) is 11.3 Å². The maximum atomic E-state index is 13.9. The second-order valence-electron chi connectivity index (χ2n) is 9.65. The van der Waals surface area contributed by atoms with Gasteiger partial charge in [0, 0.05) is 56.4 Å². The van der Waals surface area contributed by atoms with Crippen LogP contribution in [-0.4, -0.2) is 72.1 Å². The first kappa shape index (κ1) is 24.9. The molecule has 4 rings (SSSR count). The summed E-state index contributed by atoms with van der Waals surface area (Å²) in [6.45, 7) is 3.44. The van der Waals surface area contributed by atoms with E-state index in [-0.39, 0.29) is 39.0 Å². The molecule has 34 heavy (non-hydrogen) atoms. The number of hydrogen-bond acceptors (Lipinski definition) is 3. The van der Waals surface area contributed by atoms with Crippen LogP contribution < -0.4 is 4.90 Å². The molecule has 1 amide bonds. The van der Waals surface area contributed by atoms with Crippen LogP contribution in [0.1, 0.15) is 37.3 Å². The lowest BCUT2D eigenvalue weighted by Crippen LogP contribution is -2.73. The summed E-state index contributed by atoms with van der Waals surface area (Å²) in [5.41, 5.74) is 1.51. The van der Waals surface area contributed by atoms with Crippen molar-refractivity contribution in [3.63, 3.8) is 0 Å². The van der Waals surface area contributed by atoms with Crippen LogP contribution in [-0.2, 0) is 13.0 Å². The van der Waals surface area contributed by atoms with Crippen molar-refractivity contribution in [1.82, 2.24) is 9.80 Å². The van der Waals surface area contributed by atoms with E-state index in [1.165, 1.54) is 4.90 Å². The number of aryl methyl sites for hydroxylation is 1. The predicted octanol–water partition coefficient (Wildman–Crippen LogP) is 5.14. The largest absolute Gasteiger partial charge is 0.465 e. The molecule has 3 heterocycles. The summed E-state index contributed by atoms with van der Waals surface area (Å²) >= 11 is 0. The highest BCUT2D eigenvalue weighted by atomic mass is 19.4. The first-order chi connectivity index (χ1) is 15.9. The normalized spacial score (nSPS) is 23.2. The van der Waals surface area contributed by atoms with Gasteiger partial charge in [-0.2, -0.15) is 26.3 Å². The highest BCUT2D eigenvalue weighted by molar-refractivity contribution is 5.65. The number of hydrogen-bond donors (Lipinski definition) is 1. The van der Waals surface area contributed by atoms with E-state index in [0.717, 1.165) is 41.1 Å². The summed E-state index contributed by atoms with van der Waals surface area (Å²) in [4.78, 5) is 15.8. The Balaban J connectivity index is 1.68. The zero-order valence-electron chi connectivity index (χ0n) is 18.9. The number of alkyl halides is 6. The molecule has 0 aromatic heterocycles. The van der Waals surface area contributed by atoms with Gasteiger partial charge in [0.2, 0.25) is 0 Å². The lowest BCUT2D eigenvalue weighted by Gasteiger charge is -2.62. The van der Waals surface area contributed by atoms with Crippen molar-refractivity contribution < 1.29 is 36.2 Å². The van der Waals surface area contributed by atoms with Crippen LogP contribution in [0.3, 0.4) is 0 Å². The van der Waals surface area contributed by atoms with Gasteiger partial charge in [-0.1, -0.05) is 18.2 Å². The Morgan fingerprint density at radius 1 is 1.12 bits per heavy atom. The Hall–Kier alpha value is -2.17. The summed E-state index contributed by atoms with van der Waals surface area (Å²) in [5, 5.41) is 9.19. The summed E-state index contributed by atoms with van der Waals surface area (Å²) < 4.78 is 83.2. The third kappa shape index (κ3) is 4.43. The predicted molar refractivity (Wildman–Crippen MR) is 114 cm³/mol. The van der Waals surface area contributed by atoms with Crippen LogP contribution in [0, 0.1) is 11.3 Å². The van der Waals surface area contributed by atoms with E-state index in [2.05, 4.69) is 4.90 Å². The standard InChI is InChI=1S/C23H29F6N3O2/c1-2-30-10-4-7-15-5-3-6-16(17(15)30)13-32-14-21(8-11-31(12-9-21)20(33)34)19(32)18(22(24,25)26)23(27,28)29/h3,5-6,18-19H,2,4,7-14H2,1H3,(H,33,34). The fourth-order valence-electron chi connectivity index (χ4n) is 6.22. The number of benzene rings is 1. The maximum absolute atomic E-state index is 13.9. The fraction of sp³-hybridized carbons (Fsp3) is 0.696. The molecule has 2 fully saturated rings. The molecule has 0 bridgehead atoms. The molecule has 1 atom stereocenters. The Kier molecular flexibility index (Phi) is 6.46. The smallest absolute Gasteiger partial charge is 0.407 e. The monoisotopic (exact) mass is 493 g/mol. The second kappa shape index (κ2) is 8.80. The molecule has 5 nitrogen and oxygen atoms in total. The third-order valence-electron chi connectivity index (χ3n) is 7.74. The van der Waals surface area contributed by atoms with Gasteiger partial charge in [0.25, 0.3) is 0 Å². The minimum Gasteiger partial charge on any atom is -0.465 e. The van der Waals surface area contributed by atoms with Gasteiger partial charge in [-0.3, -0.25) is 4.90 Å². The van der Waals surface area contributed by atoms with Gasteiger partial charge >= 0.3 is 18.4 Å². The highest BCUT2D eigenvalue weighted by Crippen LogP contribution is 2.57. The molecule has 1 unspecified atom stereocenters. The average Bonchev–Trinajstić information content (AvgIpc) is 2.75. The number of nitrogens with zero attached hydrogens (tertiary/aromatic N) is 3. The van der Waals surface area contributed by atoms with E-state index in [1.54, 1.807) is 6.07 Å². The number of likely N-dealkylation sites (tertiary alicyclic amines) is 2. The highest BCUT2D eigenvalue weighted by Gasteiger charge is 2.69. The van der Waals surface area contributed by atoms with E-state index in [9.17, 15) is 36.2 Å². The molecule has 1 aromatic rings. The first-order valence-corrected chi connectivity index (χ1v) is 11.6. The molecule has 1 aromatic carbocycles. The molecule has 0 radical (unpaired) electrons. The minimum absolute atomic E-state index is 0.00258. The molecule has 1 spiro atoms. The van der Waals surface area contributed by atoms with Gasteiger partial charge in [-0.15, -0.1) is 0 Å². The van der Waals surface area contributed by atoms with Crippen LogP contribution in [0.2, 0.25) is 0 Å². The molecular formula is C23H29F6N3O2. The lowest BCUT2D eigenvalue weighted by atomic mass is 9.60. The lowest BCUT2D eigenvalue weighted by molar-refractivity contribution is -0.329. The van der Waals surface area contributed by atoms with Crippen LogP contribution >= 0.6 is 0 Å². The number of piperidine rings is 1. The Bertz CT molecular complexity index is 897. The topological polar surface area (TPSA) is 47.0 Å². The van der Waals surface area contributed by atoms with Crippen molar-refractivity contribution in [3.8, 4) is 0 Å². The van der Waals surface area contributed by atoms with Crippen LogP contribution in [0.15, 0.2) is 18.2 Å². The molecule has 1 N–H and O–H groups in total. The molecule has 11 heteroatoms. The Morgan fingerprint density at radius 2 is 1.76 bits per heavy atom. The maximum Gasteiger partial charge on any atom is 0.407 e. The molecule has 3 aliphatic heterocycles. The zero-order chi connectivity index (χ0) is 24.9. The molecular weight excluding hydrogens is 464 g/mol. The van der Waals surface area contributed by atoms with Gasteiger partial charge in [0.1, 0.15) is 0 Å². The number of anilines is 1. The number of fused-ring (bicyclic) bond motifs is 1. The van der Waals surface area contributed by atoms with Crippen molar-refractivity contribution in [3.05, 3.63) is 29.3 Å². The van der Waals surface area contributed by atoms with Gasteiger partial charge < -0.3 is 14.9 Å². The molecule has 190 valence electrons. The van der Waals surface area contributed by atoms with Crippen molar-refractivity contribution >= 4 is 11.8 Å². The average molecular weight is 493 g/mol. The number of rotatable bonds is 4. The van der Waals surface area contributed by atoms with Gasteiger partial charge in [-0.05, 0) is 43.7 Å². The first-order valence-electron chi connectivity index (χ1n) is 11.6. The third-order valence-corrected chi connectivity index (χ3v) is 7.74. The Labute approximate surface area is 194 Å². The quantitative estimate of drug-likeness (QED) is 0.590. The number of carboxylic acid groups (broad SMARTS) is 1. The number of carbonyl (C=O) groups is 1. The summed E-state index contributed by atoms with van der Waals surface area (Å²) in [7, 11) is 0. The van der Waals surface area contributed by atoms with Crippen molar-refractivity contribution in [2.75, 3.05) is 37.6 Å². The van der Waals surface area contributed by atoms with Crippen LogP contribution in [0.25, 0.3) is 0 Å². The SMILES string of the molecule is CCN1CCCc2cccc(CN3CC4(CCN(C(=O)O)CC4)C3C(C(F)(F)F)C(F)(F)F)c21. The Morgan fingerprint density at radius 3 is 2.32 bits per heavy atom. The second-order valence-corrected chi connectivity index (χ2v) is 9.65. The number of amides is 1. The number of para-hydroxylation sites is 1. The molecule has 0 aliphatic carbocycles. The van der Waals surface area contributed by atoms with E-state index in [4.69, 9.17) is 0 Å². The minimum atomic E-state index is -5.45. The van der Waals surface area contributed by atoms with E-state index in [0.29, 0.717) is 6.54 Å². The van der Waals surface area contributed by atoms with E-state index >= 15 is 0 Å². The summed E-state index contributed by atoms with van der Waals surface area (Å²) in [6.07, 6.45) is -10.4. The summed E-state index contributed by atoms with van der Waals surface area (Å²) in [6, 6.07) is 3.79. The molecule has 3 aliphatic rings.